The summed E-state index contributed by atoms with van der Waals surface area (Å²) >= 11 is 0. The number of hydrogen-bond donors (Lipinski definition) is 1. The van der Waals surface area contributed by atoms with Crippen LogP contribution in [0.3, 0.4) is 0 Å². The van der Waals surface area contributed by atoms with Crippen molar-refractivity contribution in [3.8, 4) is 17.2 Å². The molecule has 0 radical (unpaired) electrons. The fourth-order valence-electron chi connectivity index (χ4n) is 4.47. The first kappa shape index (κ1) is 25.8. The summed E-state index contributed by atoms with van der Waals surface area (Å²) in [6.07, 6.45) is 0. The highest BCUT2D eigenvalue weighted by Gasteiger charge is 2.47. The van der Waals surface area contributed by atoms with Crippen LogP contribution in [-0.2, 0) is 15.0 Å². The second-order valence-corrected chi connectivity index (χ2v) is 9.81. The van der Waals surface area contributed by atoms with Gasteiger partial charge in [0, 0.05) is 5.69 Å². The molecule has 3 aromatic carbocycles. The molecule has 7 nitrogen and oxygen atoms in total. The van der Waals surface area contributed by atoms with Crippen LogP contribution in [0.25, 0.3) is 5.76 Å². The number of ether oxygens (including phenoxy) is 3. The number of ketones is 1. The average molecular weight is 502 g/mol. The molecule has 1 amide bonds. The van der Waals surface area contributed by atoms with Gasteiger partial charge in [-0.05, 0) is 59.0 Å². The van der Waals surface area contributed by atoms with E-state index in [0.717, 1.165) is 5.56 Å². The maximum Gasteiger partial charge on any atom is 0.300 e. The molecule has 0 saturated carbocycles. The molecule has 0 bridgehead atoms. The summed E-state index contributed by atoms with van der Waals surface area (Å²) in [5, 5.41) is 11.5. The highest BCUT2D eigenvalue weighted by molar-refractivity contribution is 6.51. The van der Waals surface area contributed by atoms with Gasteiger partial charge in [0.15, 0.2) is 0 Å². The van der Waals surface area contributed by atoms with E-state index in [-0.39, 0.29) is 22.3 Å². The molecule has 1 heterocycles. The van der Waals surface area contributed by atoms with Crippen LogP contribution in [0, 0.1) is 0 Å². The third-order valence-corrected chi connectivity index (χ3v) is 6.55. The van der Waals surface area contributed by atoms with Crippen LogP contribution >= 0.6 is 0 Å². The maximum absolute atomic E-state index is 13.5. The molecule has 1 aliphatic heterocycles. The molecular formula is C30H31NO6. The van der Waals surface area contributed by atoms with Gasteiger partial charge >= 0.3 is 0 Å². The number of hydrogen-bond acceptors (Lipinski definition) is 6. The van der Waals surface area contributed by atoms with Gasteiger partial charge in [-0.3, -0.25) is 14.5 Å². The minimum absolute atomic E-state index is 0.0402. The van der Waals surface area contributed by atoms with Crippen molar-refractivity contribution in [2.75, 3.05) is 26.2 Å². The Balaban J connectivity index is 1.94. The van der Waals surface area contributed by atoms with Crippen molar-refractivity contribution >= 4 is 23.1 Å². The van der Waals surface area contributed by atoms with Crippen molar-refractivity contribution in [1.29, 1.82) is 0 Å². The molecule has 3 aromatic rings. The number of carbonyl (C=O) groups is 2. The smallest absolute Gasteiger partial charge is 0.300 e. The normalized spacial score (nSPS) is 17.1. The summed E-state index contributed by atoms with van der Waals surface area (Å²) in [6, 6.07) is 18.6. The fraction of sp³-hybridized carbons (Fsp3) is 0.267. The average Bonchev–Trinajstić information content (AvgIpc) is 3.17. The quantitative estimate of drug-likeness (QED) is 0.267. The van der Waals surface area contributed by atoms with Gasteiger partial charge in [-0.25, -0.2) is 0 Å². The van der Waals surface area contributed by atoms with E-state index >= 15 is 0 Å². The predicted octanol–water partition coefficient (Wildman–Crippen LogP) is 5.64. The Morgan fingerprint density at radius 3 is 1.95 bits per heavy atom. The Labute approximate surface area is 216 Å². The van der Waals surface area contributed by atoms with E-state index in [4.69, 9.17) is 14.2 Å². The van der Waals surface area contributed by atoms with E-state index in [1.807, 2.05) is 24.3 Å². The van der Waals surface area contributed by atoms with Gasteiger partial charge in [0.05, 0.1) is 38.5 Å². The third-order valence-electron chi connectivity index (χ3n) is 6.55. The van der Waals surface area contributed by atoms with Crippen LogP contribution in [0.5, 0.6) is 17.2 Å². The Hall–Kier alpha value is -4.26. The molecule has 1 N–H and O–H groups in total. The molecular weight excluding hydrogens is 470 g/mol. The first-order valence-corrected chi connectivity index (χ1v) is 11.9. The van der Waals surface area contributed by atoms with Crippen LogP contribution in [0.2, 0.25) is 0 Å². The lowest BCUT2D eigenvalue weighted by atomic mass is 9.87. The van der Waals surface area contributed by atoms with Gasteiger partial charge in [0.1, 0.15) is 23.0 Å². The number of amides is 1. The fourth-order valence-corrected chi connectivity index (χ4v) is 4.47. The number of rotatable bonds is 6. The highest BCUT2D eigenvalue weighted by atomic mass is 16.5. The minimum atomic E-state index is -0.873. The summed E-state index contributed by atoms with van der Waals surface area (Å²) < 4.78 is 16.0. The molecule has 1 aliphatic rings. The van der Waals surface area contributed by atoms with Crippen LogP contribution < -0.4 is 19.1 Å². The molecule has 192 valence electrons. The summed E-state index contributed by atoms with van der Waals surface area (Å²) in [5.74, 6) is -0.424. The monoisotopic (exact) mass is 501 g/mol. The largest absolute Gasteiger partial charge is 0.507 e. The molecule has 37 heavy (non-hydrogen) atoms. The summed E-state index contributed by atoms with van der Waals surface area (Å²) in [6.45, 7) is 6.31. The Bertz CT molecular complexity index is 1350. The van der Waals surface area contributed by atoms with Gasteiger partial charge in [-0.1, -0.05) is 45.0 Å². The summed E-state index contributed by atoms with van der Waals surface area (Å²) in [7, 11) is 4.53. The number of benzene rings is 3. The maximum atomic E-state index is 13.5. The lowest BCUT2D eigenvalue weighted by Gasteiger charge is -2.27. The lowest BCUT2D eigenvalue weighted by molar-refractivity contribution is -0.132. The van der Waals surface area contributed by atoms with Crippen molar-refractivity contribution < 1.29 is 28.9 Å². The zero-order valence-electron chi connectivity index (χ0n) is 21.9. The van der Waals surface area contributed by atoms with Gasteiger partial charge in [-0.15, -0.1) is 0 Å². The second kappa shape index (κ2) is 10.0. The van der Waals surface area contributed by atoms with Gasteiger partial charge in [0.2, 0.25) is 0 Å². The van der Waals surface area contributed by atoms with E-state index in [0.29, 0.717) is 28.5 Å². The molecule has 0 aliphatic carbocycles. The van der Waals surface area contributed by atoms with Crippen molar-refractivity contribution in [2.45, 2.75) is 32.2 Å². The molecule has 0 aromatic heterocycles. The first-order valence-electron chi connectivity index (χ1n) is 11.9. The summed E-state index contributed by atoms with van der Waals surface area (Å²) in [4.78, 5) is 28.4. The topological polar surface area (TPSA) is 85.3 Å². The zero-order chi connectivity index (χ0) is 26.9. The third kappa shape index (κ3) is 4.77. The van der Waals surface area contributed by atoms with Crippen LogP contribution in [-0.4, -0.2) is 38.1 Å². The zero-order valence-corrected chi connectivity index (χ0v) is 21.9. The molecule has 1 fully saturated rings. The predicted molar refractivity (Wildman–Crippen MR) is 142 cm³/mol. The number of methoxy groups -OCH3 is 3. The Kier molecular flexibility index (Phi) is 6.99. The Morgan fingerprint density at radius 1 is 0.811 bits per heavy atom. The van der Waals surface area contributed by atoms with Crippen molar-refractivity contribution in [2.24, 2.45) is 0 Å². The molecule has 7 heteroatoms. The standard InChI is InChI=1S/C30H31NO6/c1-30(2,3)19-9-11-20(12-10-19)31-26(18-7-13-21(35-4)14-8-18)25(28(33)29(31)34)27(32)23-17-22(36-5)15-16-24(23)37-6/h7-17,26,32H,1-6H3/b27-25+. The first-order chi connectivity index (χ1) is 17.6. The van der Waals surface area contributed by atoms with Crippen LogP contribution in [0.4, 0.5) is 5.69 Å². The van der Waals surface area contributed by atoms with E-state index in [2.05, 4.69) is 20.8 Å². The highest BCUT2D eigenvalue weighted by Crippen LogP contribution is 2.44. The van der Waals surface area contributed by atoms with Gasteiger partial charge < -0.3 is 19.3 Å². The van der Waals surface area contributed by atoms with Crippen molar-refractivity contribution in [3.63, 3.8) is 0 Å². The lowest BCUT2D eigenvalue weighted by Crippen LogP contribution is -2.29. The number of anilines is 1. The van der Waals surface area contributed by atoms with E-state index < -0.39 is 17.7 Å². The minimum Gasteiger partial charge on any atom is -0.507 e. The van der Waals surface area contributed by atoms with Gasteiger partial charge in [0.25, 0.3) is 11.7 Å². The van der Waals surface area contributed by atoms with Gasteiger partial charge in [-0.2, -0.15) is 0 Å². The van der Waals surface area contributed by atoms with E-state index in [1.54, 1.807) is 49.6 Å². The summed E-state index contributed by atoms with van der Waals surface area (Å²) in [5.41, 5.74) is 2.42. The number of Topliss-reactive ketones (excluding diaryl/α,β-unsaturated/α-hetero) is 1. The molecule has 4 rings (SSSR count). The number of aliphatic hydroxyl groups excluding tert-OH is 1. The second-order valence-electron chi connectivity index (χ2n) is 9.81. The molecule has 1 saturated heterocycles. The van der Waals surface area contributed by atoms with E-state index in [1.165, 1.54) is 19.1 Å². The Morgan fingerprint density at radius 2 is 1.41 bits per heavy atom. The van der Waals surface area contributed by atoms with Crippen LogP contribution in [0.15, 0.2) is 72.3 Å². The number of nitrogens with zero attached hydrogens (tertiary/aromatic N) is 1. The molecule has 1 unspecified atom stereocenters. The molecule has 1 atom stereocenters. The molecule has 0 spiro atoms. The van der Waals surface area contributed by atoms with Crippen LogP contribution in [0.1, 0.15) is 43.5 Å². The number of carbonyl (C=O) groups excluding carboxylic acids is 2. The van der Waals surface area contributed by atoms with Crippen molar-refractivity contribution in [3.05, 3.63) is 89.0 Å². The van der Waals surface area contributed by atoms with E-state index in [9.17, 15) is 14.7 Å². The van der Waals surface area contributed by atoms with Crippen molar-refractivity contribution in [1.82, 2.24) is 0 Å². The number of aliphatic hydroxyl groups is 1. The SMILES string of the molecule is COc1ccc(C2/C(=C(\O)c3cc(OC)ccc3OC)C(=O)C(=O)N2c2ccc(C(C)(C)C)cc2)cc1.